The highest BCUT2D eigenvalue weighted by atomic mass is 35.5. The molecule has 0 spiro atoms. The van der Waals surface area contributed by atoms with Crippen molar-refractivity contribution in [3.05, 3.63) is 58.6 Å². The molecule has 0 aliphatic rings. The smallest absolute Gasteiger partial charge is 0.124 e. The first kappa shape index (κ1) is 17.3. The van der Waals surface area contributed by atoms with E-state index in [1.165, 1.54) is 0 Å². The van der Waals surface area contributed by atoms with Gasteiger partial charge in [-0.2, -0.15) is 0 Å². The number of phenols is 1. The van der Waals surface area contributed by atoms with Crippen molar-refractivity contribution in [3.63, 3.8) is 0 Å². The van der Waals surface area contributed by atoms with Crippen LogP contribution in [0.25, 0.3) is 0 Å². The first-order chi connectivity index (χ1) is 11.0. The minimum atomic E-state index is 0.0627. The van der Waals surface area contributed by atoms with E-state index < -0.39 is 0 Å². The largest absolute Gasteiger partial charge is 0.507 e. The van der Waals surface area contributed by atoms with Crippen molar-refractivity contribution in [3.8, 4) is 11.5 Å². The number of nitrogens with zero attached hydrogens (tertiary/aromatic N) is 2. The number of halogens is 1. The predicted octanol–water partition coefficient (Wildman–Crippen LogP) is 3.78. The third-order valence-corrected chi connectivity index (χ3v) is 3.98. The quantitative estimate of drug-likeness (QED) is 0.819. The summed E-state index contributed by atoms with van der Waals surface area (Å²) in [4.78, 5) is 6.55. The average molecular weight is 333 g/mol. The Morgan fingerprint density at radius 2 is 2.00 bits per heavy atom. The van der Waals surface area contributed by atoms with Crippen LogP contribution in [0.2, 0.25) is 5.02 Å². The molecule has 2 aromatic carbocycles. The van der Waals surface area contributed by atoms with Gasteiger partial charge in [-0.1, -0.05) is 29.8 Å². The maximum atomic E-state index is 9.89. The maximum Gasteiger partial charge on any atom is 0.124 e. The number of ether oxygens (including phenoxy) is 1. The maximum absolute atomic E-state index is 9.89. The summed E-state index contributed by atoms with van der Waals surface area (Å²) in [5.41, 5.74) is 1.66. The van der Waals surface area contributed by atoms with Gasteiger partial charge in [0.15, 0.2) is 0 Å². The first-order valence-electron chi connectivity index (χ1n) is 7.30. The van der Waals surface area contributed by atoms with Crippen molar-refractivity contribution in [1.29, 1.82) is 0 Å². The number of aromatic hydroxyl groups is 1. The molecule has 2 rings (SSSR count). The molecule has 4 nitrogen and oxygen atoms in total. The standard InChI is InChI=1S/C18H21ClN2O2/c1-21(2)17(15-6-4-5-7-16(15)19)12-20-11-13-10-14(23-3)8-9-18(13)22/h4-11,17,22H,12H2,1-3H3/t17-/m0/s1. The van der Waals surface area contributed by atoms with Gasteiger partial charge in [-0.15, -0.1) is 0 Å². The molecule has 0 unspecified atom stereocenters. The molecular formula is C18H21ClN2O2. The monoisotopic (exact) mass is 332 g/mol. The van der Waals surface area contributed by atoms with Gasteiger partial charge in [0.2, 0.25) is 0 Å². The van der Waals surface area contributed by atoms with Gasteiger partial charge < -0.3 is 14.7 Å². The van der Waals surface area contributed by atoms with Gasteiger partial charge >= 0.3 is 0 Å². The van der Waals surface area contributed by atoms with Gasteiger partial charge in [0.25, 0.3) is 0 Å². The molecule has 23 heavy (non-hydrogen) atoms. The second-order valence-corrected chi connectivity index (χ2v) is 5.83. The fourth-order valence-electron chi connectivity index (χ4n) is 2.30. The lowest BCUT2D eigenvalue weighted by Crippen LogP contribution is -2.23. The van der Waals surface area contributed by atoms with E-state index in [0.717, 1.165) is 10.6 Å². The number of hydrogen-bond donors (Lipinski definition) is 1. The lowest BCUT2D eigenvalue weighted by Gasteiger charge is -2.24. The fourth-order valence-corrected chi connectivity index (χ4v) is 2.56. The Kier molecular flexibility index (Phi) is 6.02. The topological polar surface area (TPSA) is 45.1 Å². The van der Waals surface area contributed by atoms with Gasteiger partial charge in [0.1, 0.15) is 11.5 Å². The lowest BCUT2D eigenvalue weighted by atomic mass is 10.1. The van der Waals surface area contributed by atoms with Crippen molar-refractivity contribution in [2.75, 3.05) is 27.7 Å². The summed E-state index contributed by atoms with van der Waals surface area (Å²) in [5.74, 6) is 0.855. The van der Waals surface area contributed by atoms with Crippen LogP contribution >= 0.6 is 11.6 Å². The van der Waals surface area contributed by atoms with Gasteiger partial charge in [-0.3, -0.25) is 4.99 Å². The third-order valence-electron chi connectivity index (χ3n) is 3.63. The van der Waals surface area contributed by atoms with Crippen LogP contribution in [0.1, 0.15) is 17.2 Å². The molecule has 0 radical (unpaired) electrons. The highest BCUT2D eigenvalue weighted by Gasteiger charge is 2.16. The Hall–Kier alpha value is -2.04. The Morgan fingerprint density at radius 3 is 2.65 bits per heavy atom. The molecule has 0 saturated carbocycles. The van der Waals surface area contributed by atoms with Crippen LogP contribution in [-0.4, -0.2) is 44.0 Å². The fraction of sp³-hybridized carbons (Fsp3) is 0.278. The lowest BCUT2D eigenvalue weighted by molar-refractivity contribution is 0.307. The Labute approximate surface area is 142 Å². The number of methoxy groups -OCH3 is 1. The van der Waals surface area contributed by atoms with Gasteiger partial charge in [-0.25, -0.2) is 0 Å². The van der Waals surface area contributed by atoms with Gasteiger partial charge in [-0.05, 0) is 43.9 Å². The van der Waals surface area contributed by atoms with E-state index in [-0.39, 0.29) is 11.8 Å². The molecule has 1 N–H and O–H groups in total. The second kappa shape index (κ2) is 7.99. The Morgan fingerprint density at radius 1 is 1.26 bits per heavy atom. The van der Waals surface area contributed by atoms with Crippen LogP contribution in [0, 0.1) is 0 Å². The zero-order valence-electron chi connectivity index (χ0n) is 13.5. The molecular weight excluding hydrogens is 312 g/mol. The highest BCUT2D eigenvalue weighted by Crippen LogP contribution is 2.26. The number of aliphatic imine (C=N–C) groups is 1. The average Bonchev–Trinajstić information content (AvgIpc) is 2.54. The second-order valence-electron chi connectivity index (χ2n) is 5.42. The van der Waals surface area contributed by atoms with Crippen molar-refractivity contribution < 1.29 is 9.84 Å². The van der Waals surface area contributed by atoms with Crippen LogP contribution in [0.3, 0.4) is 0 Å². The zero-order chi connectivity index (χ0) is 16.8. The highest BCUT2D eigenvalue weighted by molar-refractivity contribution is 6.31. The number of likely N-dealkylation sites (N-methyl/N-ethyl adjacent to an activating group) is 1. The van der Waals surface area contributed by atoms with Crippen LogP contribution in [0.5, 0.6) is 11.5 Å². The van der Waals surface area contributed by atoms with E-state index in [1.807, 2.05) is 38.4 Å². The Bertz CT molecular complexity index is 686. The molecule has 0 fully saturated rings. The molecule has 0 aliphatic carbocycles. The zero-order valence-corrected chi connectivity index (χ0v) is 14.3. The Balaban J connectivity index is 2.18. The van der Waals surface area contributed by atoms with Gasteiger partial charge in [0.05, 0.1) is 19.7 Å². The molecule has 0 aromatic heterocycles. The number of phenolic OH excluding ortho intramolecular Hbond substituents is 1. The van der Waals surface area contributed by atoms with Crippen LogP contribution < -0.4 is 4.74 Å². The SMILES string of the molecule is COc1ccc(O)c(C=NC[C@@H](c2ccccc2Cl)N(C)C)c1. The number of hydrogen-bond acceptors (Lipinski definition) is 4. The summed E-state index contributed by atoms with van der Waals surface area (Å²) < 4.78 is 5.16. The third kappa shape index (κ3) is 4.47. The number of benzene rings is 2. The molecule has 1 atom stereocenters. The van der Waals surface area contributed by atoms with Crippen LogP contribution in [-0.2, 0) is 0 Å². The summed E-state index contributed by atoms with van der Waals surface area (Å²) in [6.45, 7) is 0.535. The normalized spacial score (nSPS) is 12.7. The number of rotatable bonds is 6. The summed E-state index contributed by atoms with van der Waals surface area (Å²) in [7, 11) is 5.58. The molecule has 0 bridgehead atoms. The summed E-state index contributed by atoms with van der Waals surface area (Å²) in [6, 6.07) is 12.9. The molecule has 0 amide bonds. The minimum Gasteiger partial charge on any atom is -0.507 e. The van der Waals surface area contributed by atoms with Crippen molar-refractivity contribution >= 4 is 17.8 Å². The van der Waals surface area contributed by atoms with Crippen molar-refractivity contribution in [2.45, 2.75) is 6.04 Å². The molecule has 0 heterocycles. The summed E-state index contributed by atoms with van der Waals surface area (Å²) >= 11 is 6.29. The van der Waals surface area contributed by atoms with E-state index in [9.17, 15) is 5.11 Å². The molecule has 0 saturated heterocycles. The molecule has 122 valence electrons. The molecule has 5 heteroatoms. The first-order valence-corrected chi connectivity index (χ1v) is 7.68. The van der Waals surface area contributed by atoms with E-state index in [2.05, 4.69) is 9.89 Å². The minimum absolute atomic E-state index is 0.0627. The molecule has 2 aromatic rings. The predicted molar refractivity (Wildman–Crippen MR) is 95.0 cm³/mol. The summed E-state index contributed by atoms with van der Waals surface area (Å²) in [6.07, 6.45) is 1.66. The van der Waals surface area contributed by atoms with Gasteiger partial charge in [0, 0.05) is 16.8 Å². The van der Waals surface area contributed by atoms with Crippen LogP contribution in [0.4, 0.5) is 0 Å². The van der Waals surface area contributed by atoms with E-state index in [4.69, 9.17) is 16.3 Å². The van der Waals surface area contributed by atoms with Crippen molar-refractivity contribution in [1.82, 2.24) is 4.90 Å². The van der Waals surface area contributed by atoms with E-state index in [1.54, 1.807) is 31.5 Å². The summed E-state index contributed by atoms with van der Waals surface area (Å²) in [5, 5.41) is 10.6. The molecule has 0 aliphatic heterocycles. The van der Waals surface area contributed by atoms with Crippen LogP contribution in [0.15, 0.2) is 47.5 Å². The van der Waals surface area contributed by atoms with Crippen molar-refractivity contribution in [2.24, 2.45) is 4.99 Å². The van der Waals surface area contributed by atoms with E-state index >= 15 is 0 Å². The van der Waals surface area contributed by atoms with E-state index in [0.29, 0.717) is 17.9 Å².